The Kier molecular flexibility index (Phi) is 5.34. The Morgan fingerprint density at radius 1 is 1.12 bits per heavy atom. The summed E-state index contributed by atoms with van der Waals surface area (Å²) in [4.78, 5) is 18.8. The summed E-state index contributed by atoms with van der Waals surface area (Å²) in [6, 6.07) is 0. The molecule has 0 unspecified atom stereocenters. The van der Waals surface area contributed by atoms with Crippen LogP contribution >= 0.6 is 0 Å². The van der Waals surface area contributed by atoms with E-state index in [1.54, 1.807) is 0 Å². The topological polar surface area (TPSA) is 68.5 Å². The van der Waals surface area contributed by atoms with Gasteiger partial charge in [-0.05, 0) is 37.5 Å². The molecule has 3 aliphatic rings. The van der Waals surface area contributed by atoms with Gasteiger partial charge in [0.25, 0.3) is 0 Å². The van der Waals surface area contributed by atoms with Crippen LogP contribution in [0.4, 0.5) is 0 Å². The molecule has 0 aromatic carbocycles. The molecule has 25 heavy (non-hydrogen) atoms. The zero-order valence-electron chi connectivity index (χ0n) is 15.0. The van der Waals surface area contributed by atoms with Gasteiger partial charge in [0.15, 0.2) is 5.82 Å². The van der Waals surface area contributed by atoms with Crippen LogP contribution in [0.5, 0.6) is 0 Å². The van der Waals surface area contributed by atoms with Crippen LogP contribution in [0.2, 0.25) is 0 Å². The number of rotatable bonds is 8. The van der Waals surface area contributed by atoms with Gasteiger partial charge in [-0.2, -0.15) is 4.98 Å². The van der Waals surface area contributed by atoms with Crippen LogP contribution < -0.4 is 0 Å². The van der Waals surface area contributed by atoms with Gasteiger partial charge in [-0.3, -0.25) is 4.79 Å². The average Bonchev–Trinajstić information content (AvgIpc) is 3.29. The highest BCUT2D eigenvalue weighted by molar-refractivity contribution is 5.77. The highest BCUT2D eigenvalue weighted by atomic mass is 16.5. The molecule has 0 atom stereocenters. The van der Waals surface area contributed by atoms with Crippen molar-refractivity contribution in [1.29, 1.82) is 0 Å². The summed E-state index contributed by atoms with van der Waals surface area (Å²) in [5.74, 6) is 3.30. The highest BCUT2D eigenvalue weighted by Crippen LogP contribution is 2.31. The Bertz CT molecular complexity index is 572. The maximum absolute atomic E-state index is 12.4. The summed E-state index contributed by atoms with van der Waals surface area (Å²) < 4.78 is 11.0. The van der Waals surface area contributed by atoms with Crippen LogP contribution in [0.3, 0.4) is 0 Å². The van der Waals surface area contributed by atoms with Crippen LogP contribution in [-0.4, -0.2) is 47.3 Å². The molecule has 6 nitrogen and oxygen atoms in total. The standard InChI is InChI=1S/C19H29N3O3/c23-18(10-14-4-2-1-3-5-14)22-11-16(12-22)19-20-17(21-25-19)8-9-24-13-15-6-7-15/h14-16H,1-13H2. The van der Waals surface area contributed by atoms with Crippen molar-refractivity contribution in [2.75, 3.05) is 26.3 Å². The van der Waals surface area contributed by atoms with Crippen LogP contribution in [0.1, 0.15) is 69.0 Å². The van der Waals surface area contributed by atoms with E-state index in [2.05, 4.69) is 10.1 Å². The summed E-state index contributed by atoms with van der Waals surface area (Å²) in [5.41, 5.74) is 0. The number of nitrogens with zero attached hydrogens (tertiary/aromatic N) is 3. The second-order valence-corrected chi connectivity index (χ2v) is 8.02. The molecule has 0 bridgehead atoms. The Balaban J connectivity index is 1.16. The molecule has 2 saturated carbocycles. The molecule has 0 N–H and O–H groups in total. The second kappa shape index (κ2) is 7.85. The number of hydrogen-bond acceptors (Lipinski definition) is 5. The molecule has 1 aromatic rings. The summed E-state index contributed by atoms with van der Waals surface area (Å²) in [6.07, 6.45) is 10.4. The van der Waals surface area contributed by atoms with Gasteiger partial charge >= 0.3 is 0 Å². The lowest BCUT2D eigenvalue weighted by Gasteiger charge is -2.38. The minimum atomic E-state index is 0.212. The van der Waals surface area contributed by atoms with E-state index >= 15 is 0 Å². The molecule has 2 heterocycles. The van der Waals surface area contributed by atoms with E-state index in [4.69, 9.17) is 9.26 Å². The summed E-state index contributed by atoms with van der Waals surface area (Å²) in [6.45, 7) is 2.98. The monoisotopic (exact) mass is 347 g/mol. The number of carbonyl (C=O) groups excluding carboxylic acids is 1. The molecule has 2 aliphatic carbocycles. The van der Waals surface area contributed by atoms with Crippen molar-refractivity contribution in [3.05, 3.63) is 11.7 Å². The lowest BCUT2D eigenvalue weighted by molar-refractivity contribution is -0.137. The van der Waals surface area contributed by atoms with Gasteiger partial charge in [0, 0.05) is 32.5 Å². The van der Waals surface area contributed by atoms with E-state index in [1.165, 1.54) is 44.9 Å². The number of carbonyl (C=O) groups is 1. The molecular weight excluding hydrogens is 318 g/mol. The maximum atomic E-state index is 12.4. The van der Waals surface area contributed by atoms with E-state index in [0.717, 1.165) is 37.9 Å². The molecule has 0 radical (unpaired) electrons. The van der Waals surface area contributed by atoms with Crippen molar-refractivity contribution in [3.8, 4) is 0 Å². The molecule has 4 rings (SSSR count). The maximum Gasteiger partial charge on any atom is 0.233 e. The van der Waals surface area contributed by atoms with Crippen LogP contribution in [0.25, 0.3) is 0 Å². The molecule has 1 amide bonds. The second-order valence-electron chi connectivity index (χ2n) is 8.02. The summed E-state index contributed by atoms with van der Waals surface area (Å²) >= 11 is 0. The lowest BCUT2D eigenvalue weighted by Crippen LogP contribution is -2.49. The quantitative estimate of drug-likeness (QED) is 0.676. The van der Waals surface area contributed by atoms with Crippen molar-refractivity contribution in [3.63, 3.8) is 0 Å². The van der Waals surface area contributed by atoms with Gasteiger partial charge in [-0.25, -0.2) is 0 Å². The van der Waals surface area contributed by atoms with E-state index in [9.17, 15) is 4.79 Å². The Hall–Kier alpha value is -1.43. The number of hydrogen-bond donors (Lipinski definition) is 0. The number of amides is 1. The van der Waals surface area contributed by atoms with E-state index < -0.39 is 0 Å². The van der Waals surface area contributed by atoms with Gasteiger partial charge in [0.2, 0.25) is 11.8 Å². The lowest BCUT2D eigenvalue weighted by atomic mass is 9.86. The largest absolute Gasteiger partial charge is 0.381 e. The van der Waals surface area contributed by atoms with Crippen molar-refractivity contribution in [2.24, 2.45) is 11.8 Å². The van der Waals surface area contributed by atoms with Crippen molar-refractivity contribution in [2.45, 2.75) is 63.7 Å². The van der Waals surface area contributed by atoms with Gasteiger partial charge in [0.1, 0.15) is 0 Å². The van der Waals surface area contributed by atoms with Crippen LogP contribution in [0, 0.1) is 11.8 Å². The van der Waals surface area contributed by atoms with Gasteiger partial charge in [-0.1, -0.05) is 24.4 Å². The zero-order chi connectivity index (χ0) is 17.1. The minimum absolute atomic E-state index is 0.212. The number of ether oxygens (including phenoxy) is 1. The van der Waals surface area contributed by atoms with Crippen LogP contribution in [-0.2, 0) is 16.0 Å². The fraction of sp³-hybridized carbons (Fsp3) is 0.842. The van der Waals surface area contributed by atoms with E-state index in [-0.39, 0.29) is 5.92 Å². The fourth-order valence-electron chi connectivity index (χ4n) is 3.84. The van der Waals surface area contributed by atoms with E-state index in [1.807, 2.05) is 4.90 Å². The molecule has 0 spiro atoms. The van der Waals surface area contributed by atoms with Crippen molar-refractivity contribution in [1.82, 2.24) is 15.0 Å². The Morgan fingerprint density at radius 3 is 2.68 bits per heavy atom. The Labute approximate surface area is 149 Å². The summed E-state index contributed by atoms with van der Waals surface area (Å²) in [7, 11) is 0. The zero-order valence-corrected chi connectivity index (χ0v) is 15.0. The molecular formula is C19H29N3O3. The predicted molar refractivity (Wildman–Crippen MR) is 92.1 cm³/mol. The molecule has 3 fully saturated rings. The first-order chi connectivity index (χ1) is 12.3. The molecule has 6 heteroatoms. The number of likely N-dealkylation sites (tertiary alicyclic amines) is 1. The molecule has 138 valence electrons. The SMILES string of the molecule is O=C(CC1CCCCC1)N1CC(c2nc(CCOCC3CC3)no2)C1. The fourth-order valence-corrected chi connectivity index (χ4v) is 3.84. The van der Waals surface area contributed by atoms with Gasteiger partial charge < -0.3 is 14.2 Å². The van der Waals surface area contributed by atoms with E-state index in [0.29, 0.717) is 30.7 Å². The Morgan fingerprint density at radius 2 is 1.92 bits per heavy atom. The van der Waals surface area contributed by atoms with Crippen molar-refractivity contribution >= 4 is 5.91 Å². The van der Waals surface area contributed by atoms with Gasteiger partial charge in [-0.15, -0.1) is 0 Å². The molecule has 1 saturated heterocycles. The molecule has 1 aliphatic heterocycles. The highest BCUT2D eigenvalue weighted by Gasteiger charge is 2.36. The van der Waals surface area contributed by atoms with Gasteiger partial charge in [0.05, 0.1) is 12.5 Å². The number of aromatic nitrogens is 2. The first-order valence-electron chi connectivity index (χ1n) is 9.96. The first-order valence-corrected chi connectivity index (χ1v) is 9.96. The third-order valence-corrected chi connectivity index (χ3v) is 5.78. The third-order valence-electron chi connectivity index (χ3n) is 5.78. The molecule has 1 aromatic heterocycles. The first kappa shape index (κ1) is 17.0. The third kappa shape index (κ3) is 4.60. The predicted octanol–water partition coefficient (Wildman–Crippen LogP) is 2.93. The smallest absolute Gasteiger partial charge is 0.233 e. The van der Waals surface area contributed by atoms with Crippen LogP contribution in [0.15, 0.2) is 4.52 Å². The normalized spacial score (nSPS) is 22.2. The average molecular weight is 347 g/mol. The van der Waals surface area contributed by atoms with Crippen molar-refractivity contribution < 1.29 is 14.1 Å². The summed E-state index contributed by atoms with van der Waals surface area (Å²) in [5, 5.41) is 4.05. The minimum Gasteiger partial charge on any atom is -0.381 e.